The van der Waals surface area contributed by atoms with Crippen LogP contribution < -0.4 is 0 Å². The van der Waals surface area contributed by atoms with Gasteiger partial charge in [-0.3, -0.25) is 0 Å². The van der Waals surface area contributed by atoms with Gasteiger partial charge in [-0.15, -0.1) is 0 Å². The Morgan fingerprint density at radius 2 is 1.92 bits per heavy atom. The van der Waals surface area contributed by atoms with Crippen molar-refractivity contribution in [1.29, 1.82) is 0 Å². The van der Waals surface area contributed by atoms with Crippen LogP contribution in [0.1, 0.15) is 43.7 Å². The highest BCUT2D eigenvalue weighted by atomic mass is 28.3. The van der Waals surface area contributed by atoms with E-state index in [1.165, 1.54) is 54.9 Å². The van der Waals surface area contributed by atoms with Gasteiger partial charge in [-0.25, -0.2) is 4.98 Å². The lowest BCUT2D eigenvalue weighted by Gasteiger charge is -2.22. The summed E-state index contributed by atoms with van der Waals surface area (Å²) in [6.45, 7) is 8.59. The molecule has 3 aromatic rings. The molecule has 0 atom stereocenters. The molecule has 26 heavy (non-hydrogen) atoms. The molecule has 0 amide bonds. The van der Waals surface area contributed by atoms with Crippen molar-refractivity contribution in [3.05, 3.63) is 36.3 Å². The van der Waals surface area contributed by atoms with Gasteiger partial charge in [0.2, 0.25) is 0 Å². The summed E-state index contributed by atoms with van der Waals surface area (Å²) >= 11 is 0. The lowest BCUT2D eigenvalue weighted by molar-refractivity contribution is 0.0899. The fraction of sp³-hybridized carbons (Fsp3) is 0.571. The van der Waals surface area contributed by atoms with Crippen LogP contribution in [0.2, 0.25) is 25.7 Å². The zero-order valence-corrected chi connectivity index (χ0v) is 17.4. The molecule has 5 heteroatoms. The highest BCUT2D eigenvalue weighted by molar-refractivity contribution is 6.76. The van der Waals surface area contributed by atoms with Crippen LogP contribution in [0.25, 0.3) is 16.7 Å². The van der Waals surface area contributed by atoms with Gasteiger partial charge in [0, 0.05) is 26.6 Å². The summed E-state index contributed by atoms with van der Waals surface area (Å²) in [5.41, 5.74) is 4.90. The standard InChI is InChI=1S/C21H31N3OSi/c1-26(2,3)14-13-25-16-23-12-11-20-21(23)22-15-18-9-10-19(24(18)20)17-7-5-4-6-8-17/h9-12,15,17H,4-8,13-14,16H2,1-3H3. The summed E-state index contributed by atoms with van der Waals surface area (Å²) < 4.78 is 10.5. The van der Waals surface area contributed by atoms with E-state index < -0.39 is 8.07 Å². The zero-order valence-electron chi connectivity index (χ0n) is 16.4. The van der Waals surface area contributed by atoms with E-state index in [4.69, 9.17) is 9.72 Å². The molecule has 1 aliphatic carbocycles. The summed E-state index contributed by atoms with van der Waals surface area (Å²) in [5.74, 6) is 0.688. The van der Waals surface area contributed by atoms with Gasteiger partial charge in [-0.1, -0.05) is 38.9 Å². The Bertz CT molecular complexity index is 884. The third-order valence-electron chi connectivity index (χ3n) is 5.66. The molecule has 0 aliphatic heterocycles. The Labute approximate surface area is 157 Å². The molecule has 4 rings (SSSR count). The molecule has 3 aromatic heterocycles. The minimum atomic E-state index is -1.04. The molecule has 140 valence electrons. The normalized spacial score (nSPS) is 16.7. The summed E-state index contributed by atoms with van der Waals surface area (Å²) in [6, 6.07) is 7.93. The van der Waals surface area contributed by atoms with Gasteiger partial charge in [0.1, 0.15) is 6.73 Å². The molecule has 3 heterocycles. The molecule has 4 nitrogen and oxygen atoms in total. The molecule has 0 aromatic carbocycles. The molecule has 0 radical (unpaired) electrons. The second kappa shape index (κ2) is 7.20. The van der Waals surface area contributed by atoms with Gasteiger partial charge in [-0.2, -0.15) is 0 Å². The SMILES string of the molecule is C[Si](C)(C)CCOCn1ccc2c1ncc1ccc(C3CCCCC3)n12. The van der Waals surface area contributed by atoms with Crippen LogP contribution in [0, 0.1) is 0 Å². The van der Waals surface area contributed by atoms with Crippen LogP contribution in [-0.4, -0.2) is 28.6 Å². The molecule has 0 bridgehead atoms. The maximum atomic E-state index is 5.95. The Morgan fingerprint density at radius 3 is 2.69 bits per heavy atom. The number of ether oxygens (including phenoxy) is 1. The highest BCUT2D eigenvalue weighted by Crippen LogP contribution is 2.34. The van der Waals surface area contributed by atoms with Crippen LogP contribution in [0.4, 0.5) is 0 Å². The van der Waals surface area contributed by atoms with E-state index in [-0.39, 0.29) is 0 Å². The Kier molecular flexibility index (Phi) is 4.93. The molecule has 1 aliphatic rings. The second-order valence-corrected chi connectivity index (χ2v) is 14.6. The van der Waals surface area contributed by atoms with Crippen LogP contribution in [-0.2, 0) is 11.5 Å². The monoisotopic (exact) mass is 369 g/mol. The molecule has 0 unspecified atom stereocenters. The van der Waals surface area contributed by atoms with Crippen molar-refractivity contribution in [1.82, 2.24) is 14.0 Å². The number of aromatic nitrogens is 3. The van der Waals surface area contributed by atoms with Crippen LogP contribution in [0.3, 0.4) is 0 Å². The fourth-order valence-corrected chi connectivity index (χ4v) is 4.86. The van der Waals surface area contributed by atoms with Gasteiger partial charge in [-0.05, 0) is 43.0 Å². The van der Waals surface area contributed by atoms with Gasteiger partial charge >= 0.3 is 0 Å². The van der Waals surface area contributed by atoms with E-state index in [1.807, 2.05) is 6.20 Å². The van der Waals surface area contributed by atoms with Gasteiger partial charge in [0.05, 0.1) is 17.2 Å². The third-order valence-corrected chi connectivity index (χ3v) is 7.37. The smallest absolute Gasteiger partial charge is 0.158 e. The van der Waals surface area contributed by atoms with Crippen LogP contribution in [0.15, 0.2) is 30.6 Å². The number of fused-ring (bicyclic) bond motifs is 3. The van der Waals surface area contributed by atoms with Gasteiger partial charge in [0.25, 0.3) is 0 Å². The first-order valence-corrected chi connectivity index (χ1v) is 13.8. The van der Waals surface area contributed by atoms with E-state index >= 15 is 0 Å². The molecule has 0 saturated heterocycles. The maximum absolute atomic E-state index is 5.95. The van der Waals surface area contributed by atoms with E-state index in [9.17, 15) is 0 Å². The first kappa shape index (κ1) is 17.8. The molecular formula is C21H31N3OSi. The summed E-state index contributed by atoms with van der Waals surface area (Å²) in [6.07, 6.45) is 10.9. The summed E-state index contributed by atoms with van der Waals surface area (Å²) in [5, 5.41) is 0. The van der Waals surface area contributed by atoms with Crippen molar-refractivity contribution in [2.24, 2.45) is 0 Å². The average molecular weight is 370 g/mol. The Balaban J connectivity index is 1.60. The van der Waals surface area contributed by atoms with E-state index in [0.29, 0.717) is 12.6 Å². The predicted octanol–water partition coefficient (Wildman–Crippen LogP) is 5.65. The Morgan fingerprint density at radius 1 is 1.12 bits per heavy atom. The van der Waals surface area contributed by atoms with E-state index in [1.54, 1.807) is 0 Å². The van der Waals surface area contributed by atoms with Crippen LogP contribution >= 0.6 is 0 Å². The van der Waals surface area contributed by atoms with Gasteiger partial charge in [0.15, 0.2) is 5.65 Å². The van der Waals surface area contributed by atoms with Crippen molar-refractivity contribution in [2.75, 3.05) is 6.61 Å². The maximum Gasteiger partial charge on any atom is 0.158 e. The van der Waals surface area contributed by atoms with E-state index in [0.717, 1.165) is 12.3 Å². The Hall–Kier alpha value is -1.59. The number of nitrogens with zero attached hydrogens (tertiary/aromatic N) is 3. The van der Waals surface area contributed by atoms with Gasteiger partial charge < -0.3 is 13.7 Å². The quantitative estimate of drug-likeness (QED) is 0.415. The molecular weight excluding hydrogens is 338 g/mol. The highest BCUT2D eigenvalue weighted by Gasteiger charge is 2.20. The lowest BCUT2D eigenvalue weighted by Crippen LogP contribution is -2.22. The summed E-state index contributed by atoms with van der Waals surface area (Å²) in [7, 11) is -1.04. The lowest BCUT2D eigenvalue weighted by atomic mass is 9.87. The predicted molar refractivity (Wildman–Crippen MR) is 111 cm³/mol. The van der Waals surface area contributed by atoms with Crippen molar-refractivity contribution >= 4 is 24.8 Å². The largest absolute Gasteiger partial charge is 0.361 e. The minimum absolute atomic E-state index is 0.590. The van der Waals surface area contributed by atoms with Crippen molar-refractivity contribution < 1.29 is 4.74 Å². The molecule has 0 spiro atoms. The fourth-order valence-electron chi connectivity index (χ4n) is 4.11. The van der Waals surface area contributed by atoms with Crippen molar-refractivity contribution in [2.45, 2.75) is 70.4 Å². The number of rotatable bonds is 6. The van der Waals surface area contributed by atoms with E-state index in [2.05, 4.69) is 53.0 Å². The topological polar surface area (TPSA) is 31.5 Å². The number of hydrogen-bond donors (Lipinski definition) is 0. The summed E-state index contributed by atoms with van der Waals surface area (Å²) in [4.78, 5) is 4.73. The number of hydrogen-bond acceptors (Lipinski definition) is 2. The first-order chi connectivity index (χ1) is 12.5. The molecule has 1 fully saturated rings. The zero-order chi connectivity index (χ0) is 18.1. The first-order valence-electron chi connectivity index (χ1n) is 10.1. The van der Waals surface area contributed by atoms with Crippen molar-refractivity contribution in [3.8, 4) is 0 Å². The van der Waals surface area contributed by atoms with Crippen LogP contribution in [0.5, 0.6) is 0 Å². The average Bonchev–Trinajstić information content (AvgIpc) is 3.22. The molecule has 1 saturated carbocycles. The third kappa shape index (κ3) is 3.60. The van der Waals surface area contributed by atoms with Crippen molar-refractivity contribution in [3.63, 3.8) is 0 Å². The molecule has 0 N–H and O–H groups in total. The minimum Gasteiger partial charge on any atom is -0.361 e. The second-order valence-electron chi connectivity index (χ2n) is 8.95.